The summed E-state index contributed by atoms with van der Waals surface area (Å²) in [5.74, 6) is 0.745. The number of nitrogens with one attached hydrogen (secondary N) is 1. The van der Waals surface area contributed by atoms with Crippen LogP contribution in [0.25, 0.3) is 0 Å². The van der Waals surface area contributed by atoms with Gasteiger partial charge in [-0.25, -0.2) is 0 Å². The highest BCUT2D eigenvalue weighted by atomic mass is 16.5. The van der Waals surface area contributed by atoms with Crippen molar-refractivity contribution in [1.29, 1.82) is 0 Å². The van der Waals surface area contributed by atoms with Gasteiger partial charge in [0.25, 0.3) is 0 Å². The van der Waals surface area contributed by atoms with Gasteiger partial charge in [0.1, 0.15) is 18.5 Å². The second kappa shape index (κ2) is 12.2. The number of hydrogen-bond donors (Lipinski definition) is 3. The Morgan fingerprint density at radius 1 is 1.09 bits per heavy atom. The molecular formula is C25H37N3O4. The molecular weight excluding hydrogens is 406 g/mol. The molecule has 0 aromatic heterocycles. The summed E-state index contributed by atoms with van der Waals surface area (Å²) < 4.78 is 11.3. The van der Waals surface area contributed by atoms with Gasteiger partial charge >= 0.3 is 0 Å². The van der Waals surface area contributed by atoms with Gasteiger partial charge in [-0.15, -0.1) is 0 Å². The SMILES string of the molecule is C[C@H](O)[C@@H](O)[C@H](Nc1ccc(CN2CCOCC2)cc1)c1cccc(OCCN(C)C)c1. The number of likely N-dealkylation sites (N-methyl/N-ethyl adjacent to an activating group) is 1. The van der Waals surface area contributed by atoms with E-state index in [1.54, 1.807) is 6.92 Å². The molecule has 3 rings (SSSR count). The summed E-state index contributed by atoms with van der Waals surface area (Å²) in [6, 6.07) is 15.5. The average molecular weight is 444 g/mol. The molecule has 176 valence electrons. The van der Waals surface area contributed by atoms with E-state index in [1.807, 2.05) is 50.5 Å². The molecule has 3 atom stereocenters. The Kier molecular flexibility index (Phi) is 9.32. The van der Waals surface area contributed by atoms with Gasteiger partial charge in [-0.05, 0) is 56.4 Å². The molecule has 2 aromatic rings. The van der Waals surface area contributed by atoms with Crippen molar-refractivity contribution in [1.82, 2.24) is 9.80 Å². The summed E-state index contributed by atoms with van der Waals surface area (Å²) in [5, 5.41) is 24.2. The van der Waals surface area contributed by atoms with E-state index >= 15 is 0 Å². The monoisotopic (exact) mass is 443 g/mol. The molecule has 32 heavy (non-hydrogen) atoms. The molecule has 0 radical (unpaired) electrons. The Balaban J connectivity index is 1.69. The molecule has 1 heterocycles. The van der Waals surface area contributed by atoms with Crippen LogP contribution in [0.3, 0.4) is 0 Å². The minimum absolute atomic E-state index is 0.475. The quantitative estimate of drug-likeness (QED) is 0.492. The zero-order chi connectivity index (χ0) is 22.9. The Labute approximate surface area is 191 Å². The number of rotatable bonds is 11. The number of aliphatic hydroxyl groups is 2. The van der Waals surface area contributed by atoms with Crippen molar-refractivity contribution in [3.63, 3.8) is 0 Å². The first kappa shape index (κ1) is 24.5. The van der Waals surface area contributed by atoms with Crippen LogP contribution in [0.1, 0.15) is 24.1 Å². The van der Waals surface area contributed by atoms with Crippen LogP contribution in [0, 0.1) is 0 Å². The van der Waals surface area contributed by atoms with Crippen molar-refractivity contribution in [2.24, 2.45) is 0 Å². The zero-order valence-electron chi connectivity index (χ0n) is 19.4. The molecule has 0 spiro atoms. The molecule has 1 fully saturated rings. The minimum Gasteiger partial charge on any atom is -0.492 e. The lowest BCUT2D eigenvalue weighted by Crippen LogP contribution is -2.35. The normalized spacial score (nSPS) is 17.7. The summed E-state index contributed by atoms with van der Waals surface area (Å²) in [4.78, 5) is 4.45. The fourth-order valence-corrected chi connectivity index (χ4v) is 3.69. The lowest BCUT2D eigenvalue weighted by Gasteiger charge is -2.28. The average Bonchev–Trinajstić information content (AvgIpc) is 2.79. The Bertz CT molecular complexity index is 807. The number of aliphatic hydroxyl groups excluding tert-OH is 2. The molecule has 3 N–H and O–H groups in total. The fourth-order valence-electron chi connectivity index (χ4n) is 3.69. The molecule has 0 amide bonds. The highest BCUT2D eigenvalue weighted by Gasteiger charge is 2.25. The number of nitrogens with zero attached hydrogens (tertiary/aromatic N) is 2. The van der Waals surface area contributed by atoms with Crippen molar-refractivity contribution < 1.29 is 19.7 Å². The third-order valence-electron chi connectivity index (χ3n) is 5.65. The molecule has 0 aliphatic carbocycles. The van der Waals surface area contributed by atoms with Crippen LogP contribution in [0.4, 0.5) is 5.69 Å². The van der Waals surface area contributed by atoms with Gasteiger partial charge in [0, 0.05) is 31.9 Å². The second-order valence-corrected chi connectivity index (χ2v) is 8.66. The van der Waals surface area contributed by atoms with E-state index in [0.717, 1.165) is 56.4 Å². The first-order valence-corrected chi connectivity index (χ1v) is 11.3. The Morgan fingerprint density at radius 3 is 2.47 bits per heavy atom. The summed E-state index contributed by atoms with van der Waals surface area (Å²) >= 11 is 0. The maximum absolute atomic E-state index is 10.7. The number of benzene rings is 2. The van der Waals surface area contributed by atoms with Crippen molar-refractivity contribution >= 4 is 5.69 Å². The molecule has 1 aliphatic heterocycles. The summed E-state index contributed by atoms with van der Waals surface area (Å²) in [6.07, 6.45) is -1.86. The third kappa shape index (κ3) is 7.46. The molecule has 1 aliphatic rings. The molecule has 7 heteroatoms. The van der Waals surface area contributed by atoms with Gasteiger partial charge in [-0.3, -0.25) is 4.90 Å². The Morgan fingerprint density at radius 2 is 1.81 bits per heavy atom. The van der Waals surface area contributed by atoms with E-state index in [1.165, 1.54) is 5.56 Å². The topological polar surface area (TPSA) is 77.4 Å². The van der Waals surface area contributed by atoms with Crippen LogP contribution >= 0.6 is 0 Å². The van der Waals surface area contributed by atoms with Crippen LogP contribution in [0.5, 0.6) is 5.75 Å². The number of hydrogen-bond acceptors (Lipinski definition) is 7. The van der Waals surface area contributed by atoms with Crippen LogP contribution < -0.4 is 10.1 Å². The van der Waals surface area contributed by atoms with Gasteiger partial charge in [-0.1, -0.05) is 24.3 Å². The highest BCUT2D eigenvalue weighted by Crippen LogP contribution is 2.28. The lowest BCUT2D eigenvalue weighted by molar-refractivity contribution is 0.0189. The van der Waals surface area contributed by atoms with E-state index in [-0.39, 0.29) is 0 Å². The zero-order valence-corrected chi connectivity index (χ0v) is 19.4. The predicted molar refractivity (Wildman–Crippen MR) is 127 cm³/mol. The summed E-state index contributed by atoms with van der Waals surface area (Å²) in [5.41, 5.74) is 2.99. The Hall–Kier alpha value is -2.16. The molecule has 0 bridgehead atoms. The first-order chi connectivity index (χ1) is 15.4. The summed E-state index contributed by atoms with van der Waals surface area (Å²) in [6.45, 7) is 7.38. The largest absolute Gasteiger partial charge is 0.492 e. The van der Waals surface area contributed by atoms with E-state index in [9.17, 15) is 10.2 Å². The number of ether oxygens (including phenoxy) is 2. The van der Waals surface area contributed by atoms with Crippen molar-refractivity contribution in [2.45, 2.75) is 31.7 Å². The van der Waals surface area contributed by atoms with Crippen LogP contribution in [0.2, 0.25) is 0 Å². The smallest absolute Gasteiger partial charge is 0.119 e. The molecule has 1 saturated heterocycles. The molecule has 2 aromatic carbocycles. The van der Waals surface area contributed by atoms with Gasteiger partial charge in [0.05, 0.1) is 25.4 Å². The van der Waals surface area contributed by atoms with Crippen molar-refractivity contribution in [3.05, 3.63) is 59.7 Å². The second-order valence-electron chi connectivity index (χ2n) is 8.66. The first-order valence-electron chi connectivity index (χ1n) is 11.3. The highest BCUT2D eigenvalue weighted by molar-refractivity contribution is 5.48. The van der Waals surface area contributed by atoms with Crippen LogP contribution in [0.15, 0.2) is 48.5 Å². The van der Waals surface area contributed by atoms with E-state index in [0.29, 0.717) is 6.61 Å². The van der Waals surface area contributed by atoms with E-state index < -0.39 is 18.2 Å². The van der Waals surface area contributed by atoms with Gasteiger partial charge in [-0.2, -0.15) is 0 Å². The molecule has 0 unspecified atom stereocenters. The standard InChI is InChI=1S/C25H37N3O4/c1-19(29)25(30)24(21-5-4-6-23(17-21)32-16-11-27(2)3)26-22-9-7-20(8-10-22)18-28-12-14-31-15-13-28/h4-10,17,19,24-26,29-30H,11-16,18H2,1-3H3/t19-,24+,25+/m0/s1. The molecule has 0 saturated carbocycles. The fraction of sp³-hybridized carbons (Fsp3) is 0.520. The lowest BCUT2D eigenvalue weighted by atomic mass is 9.97. The maximum Gasteiger partial charge on any atom is 0.119 e. The van der Waals surface area contributed by atoms with Gasteiger partial charge in [0.15, 0.2) is 0 Å². The third-order valence-corrected chi connectivity index (χ3v) is 5.65. The number of anilines is 1. The van der Waals surface area contributed by atoms with E-state index in [4.69, 9.17) is 9.47 Å². The van der Waals surface area contributed by atoms with Crippen LogP contribution in [-0.4, -0.2) is 85.8 Å². The summed E-state index contributed by atoms with van der Waals surface area (Å²) in [7, 11) is 4.01. The van der Waals surface area contributed by atoms with Crippen molar-refractivity contribution in [2.75, 3.05) is 58.9 Å². The predicted octanol–water partition coefficient (Wildman–Crippen LogP) is 2.35. The van der Waals surface area contributed by atoms with Gasteiger partial charge < -0.3 is 29.9 Å². The minimum atomic E-state index is -0.972. The molecule has 7 nitrogen and oxygen atoms in total. The maximum atomic E-state index is 10.7. The van der Waals surface area contributed by atoms with Crippen molar-refractivity contribution in [3.8, 4) is 5.75 Å². The van der Waals surface area contributed by atoms with E-state index in [2.05, 4.69) is 27.2 Å². The van der Waals surface area contributed by atoms with Crippen LogP contribution in [-0.2, 0) is 11.3 Å². The van der Waals surface area contributed by atoms with Gasteiger partial charge in [0.2, 0.25) is 0 Å². The number of morpholine rings is 1.